The molecule has 0 unspecified atom stereocenters. The number of carbonyl (C=O) groups excluding carboxylic acids is 1. The number of carboxylic acids is 1. The third-order valence-corrected chi connectivity index (χ3v) is 6.91. The van der Waals surface area contributed by atoms with Gasteiger partial charge in [-0.2, -0.15) is 0 Å². The van der Waals surface area contributed by atoms with Crippen molar-refractivity contribution in [1.82, 2.24) is 0 Å². The minimum absolute atomic E-state index is 0.113. The van der Waals surface area contributed by atoms with Crippen LogP contribution in [0.25, 0.3) is 0 Å². The van der Waals surface area contributed by atoms with Crippen LogP contribution >= 0.6 is 39.7 Å². The van der Waals surface area contributed by atoms with Gasteiger partial charge in [0.25, 0.3) is 0 Å². The number of benzene rings is 3. The molecule has 188 valence electrons. The van der Waals surface area contributed by atoms with Crippen molar-refractivity contribution >= 4 is 73.6 Å². The Morgan fingerprint density at radius 1 is 1.00 bits per heavy atom. The Morgan fingerprint density at radius 2 is 1.75 bits per heavy atom. The van der Waals surface area contributed by atoms with Crippen LogP contribution in [-0.2, 0) is 16.0 Å². The number of anilines is 3. The average Bonchev–Trinajstić information content (AvgIpc) is 2.83. The zero-order chi connectivity index (χ0) is 26.2. The Hall–Kier alpha value is -2.74. The fraction of sp³-hybridized carbons (Fsp3) is 0.250. The smallest absolute Gasteiger partial charge is 0.303 e. The van der Waals surface area contributed by atoms with Gasteiger partial charge in [0.05, 0.1) is 27.7 Å². The van der Waals surface area contributed by atoms with Crippen LogP contribution < -0.4 is 10.6 Å². The van der Waals surface area contributed by atoms with Crippen molar-refractivity contribution in [2.45, 2.75) is 46.0 Å². The predicted octanol–water partition coefficient (Wildman–Crippen LogP) is 8.07. The highest BCUT2D eigenvalue weighted by Gasteiger charge is 2.14. The van der Waals surface area contributed by atoms with E-state index < -0.39 is 5.97 Å². The molecule has 0 fully saturated rings. The zero-order valence-electron chi connectivity index (χ0n) is 20.2. The molecule has 5 nitrogen and oxygen atoms in total. The van der Waals surface area contributed by atoms with Gasteiger partial charge in [-0.25, -0.2) is 0 Å². The van der Waals surface area contributed by atoms with Crippen LogP contribution in [0.1, 0.15) is 54.9 Å². The van der Waals surface area contributed by atoms with Crippen molar-refractivity contribution in [2.24, 2.45) is 0 Å². The number of aryl methyl sites for hydroxylation is 2. The second-order valence-corrected chi connectivity index (χ2v) is 10.3. The highest BCUT2D eigenvalue weighted by Crippen LogP contribution is 2.32. The molecule has 1 amide bonds. The molecule has 0 aliphatic rings. The molecule has 3 rings (SSSR count). The summed E-state index contributed by atoms with van der Waals surface area (Å²) in [5.74, 6) is -1.40. The monoisotopic (exact) mass is 586 g/mol. The van der Waals surface area contributed by atoms with Gasteiger partial charge < -0.3 is 15.7 Å². The molecule has 0 spiro atoms. The van der Waals surface area contributed by atoms with Crippen molar-refractivity contribution < 1.29 is 14.7 Å². The Morgan fingerprint density at radius 3 is 2.42 bits per heavy atom. The molecule has 3 aromatic rings. The lowest BCUT2D eigenvalue weighted by molar-refractivity contribution is -0.138. The second kappa shape index (κ2) is 13.0. The van der Waals surface area contributed by atoms with Gasteiger partial charge in [-0.3, -0.25) is 9.59 Å². The van der Waals surface area contributed by atoms with Crippen LogP contribution in [-0.4, -0.2) is 21.8 Å². The van der Waals surface area contributed by atoms with Crippen LogP contribution in [0, 0.1) is 6.92 Å². The van der Waals surface area contributed by atoms with E-state index in [1.54, 1.807) is 12.1 Å². The first-order chi connectivity index (χ1) is 17.2. The van der Waals surface area contributed by atoms with Crippen molar-refractivity contribution in [3.63, 3.8) is 0 Å². The summed E-state index contributed by atoms with van der Waals surface area (Å²) in [6.45, 7) is 4.26. The van der Waals surface area contributed by atoms with E-state index in [1.165, 1.54) is 5.56 Å². The number of thiocarbonyl (C=S) groups is 1. The number of nitrogens with one attached hydrogen (secondary N) is 2. The third kappa shape index (κ3) is 7.63. The summed E-state index contributed by atoms with van der Waals surface area (Å²) in [7, 11) is 0. The van der Waals surface area contributed by atoms with Crippen LogP contribution in [0.15, 0.2) is 59.1 Å². The van der Waals surface area contributed by atoms with Gasteiger partial charge in [-0.1, -0.05) is 71.3 Å². The first-order valence-electron chi connectivity index (χ1n) is 11.7. The molecule has 0 aliphatic heterocycles. The standard InChI is InChI=1S/C28H28BrClN2O3S/c1-3-4-5-18-6-9-21(17(2)14-18)28(36)22-10-8-20(16-23(22)30)31-24-11-7-19(29)15-25(24)32-26(33)12-13-27(34)35/h6-11,14-16,31H,3-5,12-13H2,1-2H3,(H,32,33)(H,34,35). The number of hydrogen-bond acceptors (Lipinski definition) is 4. The summed E-state index contributed by atoms with van der Waals surface area (Å²) in [5, 5.41) is 15.4. The van der Waals surface area contributed by atoms with Crippen molar-refractivity contribution in [2.75, 3.05) is 10.6 Å². The lowest BCUT2D eigenvalue weighted by Gasteiger charge is -2.16. The molecule has 3 N–H and O–H groups in total. The maximum atomic E-state index is 12.2. The second-order valence-electron chi connectivity index (χ2n) is 8.53. The molecule has 0 radical (unpaired) electrons. The van der Waals surface area contributed by atoms with Crippen LogP contribution in [0.5, 0.6) is 0 Å². The Balaban J connectivity index is 1.78. The number of halogens is 2. The minimum Gasteiger partial charge on any atom is -0.481 e. The predicted molar refractivity (Wildman–Crippen MR) is 155 cm³/mol. The number of hydrogen-bond donors (Lipinski definition) is 3. The van der Waals surface area contributed by atoms with E-state index in [1.807, 2.05) is 24.3 Å². The minimum atomic E-state index is -1.02. The molecule has 0 aliphatic carbocycles. The maximum Gasteiger partial charge on any atom is 0.303 e. The first-order valence-corrected chi connectivity index (χ1v) is 13.3. The lowest BCUT2D eigenvalue weighted by Crippen LogP contribution is -2.14. The Labute approximate surface area is 230 Å². The lowest BCUT2D eigenvalue weighted by atomic mass is 9.96. The van der Waals surface area contributed by atoms with Gasteiger partial charge in [-0.05, 0) is 72.9 Å². The summed E-state index contributed by atoms with van der Waals surface area (Å²) in [5.41, 5.74) is 6.10. The van der Waals surface area contributed by atoms with E-state index in [9.17, 15) is 9.59 Å². The van der Waals surface area contributed by atoms with E-state index >= 15 is 0 Å². The summed E-state index contributed by atoms with van der Waals surface area (Å²) in [4.78, 5) is 23.7. The van der Waals surface area contributed by atoms with Gasteiger partial charge >= 0.3 is 5.97 Å². The van der Waals surface area contributed by atoms with Crippen molar-refractivity contribution in [3.8, 4) is 0 Å². The van der Waals surface area contributed by atoms with Gasteiger partial charge in [0.15, 0.2) is 0 Å². The number of rotatable bonds is 11. The zero-order valence-corrected chi connectivity index (χ0v) is 23.3. The topological polar surface area (TPSA) is 78.4 Å². The van der Waals surface area contributed by atoms with E-state index in [-0.39, 0.29) is 18.7 Å². The molecule has 0 aromatic heterocycles. The highest BCUT2D eigenvalue weighted by atomic mass is 79.9. The number of amides is 1. The molecule has 0 atom stereocenters. The number of carbonyl (C=O) groups is 2. The number of carboxylic acid groups (broad SMARTS) is 1. The molecule has 0 bridgehead atoms. The van der Waals surface area contributed by atoms with E-state index in [2.05, 4.69) is 58.6 Å². The molecular weight excluding hydrogens is 560 g/mol. The van der Waals surface area contributed by atoms with E-state index in [0.717, 1.165) is 46.1 Å². The molecule has 0 saturated carbocycles. The summed E-state index contributed by atoms with van der Waals surface area (Å²) in [6.07, 6.45) is 3.03. The SMILES string of the molecule is CCCCc1ccc(C(=S)c2ccc(Nc3ccc(Br)cc3NC(=O)CCC(=O)O)cc2Cl)c(C)c1. The van der Waals surface area contributed by atoms with Gasteiger partial charge in [-0.15, -0.1) is 0 Å². The van der Waals surface area contributed by atoms with Crippen molar-refractivity contribution in [3.05, 3.63) is 86.3 Å². The quantitative estimate of drug-likeness (QED) is 0.156. The highest BCUT2D eigenvalue weighted by molar-refractivity contribution is 9.10. The van der Waals surface area contributed by atoms with Gasteiger partial charge in [0, 0.05) is 22.1 Å². The fourth-order valence-corrected chi connectivity index (χ4v) is 4.86. The van der Waals surface area contributed by atoms with Crippen LogP contribution in [0.3, 0.4) is 0 Å². The largest absolute Gasteiger partial charge is 0.481 e. The number of unbranched alkanes of at least 4 members (excludes halogenated alkanes) is 1. The van der Waals surface area contributed by atoms with Crippen molar-refractivity contribution in [1.29, 1.82) is 0 Å². The van der Waals surface area contributed by atoms with Gasteiger partial charge in [0.2, 0.25) is 5.91 Å². The average molecular weight is 588 g/mol. The fourth-order valence-electron chi connectivity index (χ4n) is 3.76. The van der Waals surface area contributed by atoms with E-state index in [0.29, 0.717) is 21.3 Å². The van der Waals surface area contributed by atoms with Crippen LogP contribution in [0.4, 0.5) is 17.1 Å². The molecular formula is C28H28BrClN2O3S. The molecule has 8 heteroatoms. The molecule has 3 aromatic carbocycles. The number of aliphatic carboxylic acids is 1. The summed E-state index contributed by atoms with van der Waals surface area (Å²) >= 11 is 15.9. The summed E-state index contributed by atoms with van der Waals surface area (Å²) in [6, 6.07) is 17.4. The summed E-state index contributed by atoms with van der Waals surface area (Å²) < 4.78 is 0.774. The van der Waals surface area contributed by atoms with Gasteiger partial charge in [0.1, 0.15) is 0 Å². The normalized spacial score (nSPS) is 10.7. The molecule has 0 heterocycles. The Kier molecular flexibility index (Phi) is 10.0. The maximum absolute atomic E-state index is 12.2. The third-order valence-electron chi connectivity index (χ3n) is 5.67. The molecule has 0 saturated heterocycles. The van der Waals surface area contributed by atoms with E-state index in [4.69, 9.17) is 28.9 Å². The first kappa shape index (κ1) is 27.8. The van der Waals surface area contributed by atoms with Crippen LogP contribution in [0.2, 0.25) is 5.02 Å². The molecule has 36 heavy (non-hydrogen) atoms. The Bertz CT molecular complexity index is 1300.